The summed E-state index contributed by atoms with van der Waals surface area (Å²) < 4.78 is 0. The molecule has 2 bridgehead atoms. The molecule has 0 aromatic heterocycles. The van der Waals surface area contributed by atoms with Crippen LogP contribution in [0.3, 0.4) is 0 Å². The Labute approximate surface area is 436 Å². The van der Waals surface area contributed by atoms with Crippen LogP contribution < -0.4 is 32.3 Å². The number of carbonyl (C=O) groups excluding carboxylic acids is 7. The molecule has 0 aliphatic carbocycles. The maximum absolute atomic E-state index is 13.8. The van der Waals surface area contributed by atoms with Gasteiger partial charge in [-0.25, -0.2) is 0 Å². The first-order valence-electron chi connectivity index (χ1n) is 24.6. The Morgan fingerprint density at radius 1 is 0.792 bits per heavy atom. The molecular formula is C48H78N10O11S3. The molecule has 2 aliphatic heterocycles. The number of fused-ring (bicyclic) bond motifs is 2. The summed E-state index contributed by atoms with van der Waals surface area (Å²) in [6.07, 6.45) is 1.76. The number of aliphatic carboxylic acids is 2. The second-order valence-electron chi connectivity index (χ2n) is 18.8. The molecule has 1 fully saturated rings. The number of amides is 6. The van der Waals surface area contributed by atoms with E-state index in [9.17, 15) is 53.4 Å². The minimum Gasteiger partial charge on any atom is -0.480 e. The molecule has 1 saturated heterocycles. The summed E-state index contributed by atoms with van der Waals surface area (Å²) in [5.41, 5.74) is 8.83. The Balaban J connectivity index is 1.71. The Bertz CT molecular complexity index is 1940. The number of aldehydes is 1. The quantitative estimate of drug-likeness (QED) is 0.0711. The van der Waals surface area contributed by atoms with Crippen LogP contribution in [-0.4, -0.2) is 210 Å². The predicted molar refractivity (Wildman–Crippen MR) is 281 cm³/mol. The molecule has 3 rings (SSSR count). The van der Waals surface area contributed by atoms with E-state index < -0.39 is 59.7 Å². The Morgan fingerprint density at radius 2 is 1.36 bits per heavy atom. The zero-order valence-electron chi connectivity index (χ0n) is 42.5. The summed E-state index contributed by atoms with van der Waals surface area (Å²) in [7, 11) is 0. The third-order valence-corrected chi connectivity index (χ3v) is 15.3. The van der Waals surface area contributed by atoms with E-state index in [-0.39, 0.29) is 68.4 Å². The van der Waals surface area contributed by atoms with E-state index in [1.165, 1.54) is 11.8 Å². The molecule has 21 nitrogen and oxygen atoms in total. The SMILES string of the molecule is CC[C@H](C)[C@@H]1NC(=O)[C@H](CC(C)C)NC(=O)[C@@H](C)NC(=O)CCSCc2cc(CSCCNC(=O)CN3CCN(CC(=O)O)CCN(CC=O)CCN(CC(=O)O)CC3)cc(c2)CSC[C@@H](C(N)=O)NC1=O. The van der Waals surface area contributed by atoms with Gasteiger partial charge >= 0.3 is 11.9 Å². The van der Waals surface area contributed by atoms with Gasteiger partial charge in [-0.1, -0.05) is 52.3 Å². The van der Waals surface area contributed by atoms with Crippen molar-refractivity contribution in [3.8, 4) is 0 Å². The number of hydrogen-bond acceptors (Lipinski definition) is 16. The molecule has 1 aromatic carbocycles. The number of nitrogens with two attached hydrogens (primary N) is 1. The van der Waals surface area contributed by atoms with E-state index >= 15 is 0 Å². The average molecular weight is 1070 g/mol. The molecule has 5 atom stereocenters. The number of rotatable bonds is 18. The Morgan fingerprint density at radius 3 is 1.90 bits per heavy atom. The van der Waals surface area contributed by atoms with Crippen LogP contribution in [0.25, 0.3) is 0 Å². The second-order valence-corrected chi connectivity index (χ2v) is 22.0. The normalized spacial score (nSPS) is 22.5. The van der Waals surface area contributed by atoms with Crippen LogP contribution in [0, 0.1) is 11.8 Å². The molecule has 0 radical (unpaired) electrons. The van der Waals surface area contributed by atoms with Gasteiger partial charge in [-0.3, -0.25) is 58.0 Å². The third-order valence-electron chi connectivity index (χ3n) is 12.2. The lowest BCUT2D eigenvalue weighted by atomic mass is 9.96. The number of primary amides is 1. The molecule has 6 amide bonds. The van der Waals surface area contributed by atoms with Crippen molar-refractivity contribution in [2.24, 2.45) is 17.6 Å². The van der Waals surface area contributed by atoms with Crippen molar-refractivity contribution < 1.29 is 53.4 Å². The van der Waals surface area contributed by atoms with Crippen molar-refractivity contribution in [3.63, 3.8) is 0 Å². The second kappa shape index (κ2) is 33.4. The summed E-state index contributed by atoms with van der Waals surface area (Å²) in [4.78, 5) is 122. The molecule has 0 spiro atoms. The minimum absolute atomic E-state index is 0.0119. The van der Waals surface area contributed by atoms with Crippen LogP contribution in [0.4, 0.5) is 0 Å². The van der Waals surface area contributed by atoms with E-state index in [1.807, 2.05) is 37.5 Å². The molecule has 404 valence electrons. The fourth-order valence-corrected chi connectivity index (χ4v) is 10.6. The van der Waals surface area contributed by atoms with Gasteiger partial charge in [0.05, 0.1) is 26.2 Å². The fourth-order valence-electron chi connectivity index (χ4n) is 7.97. The highest BCUT2D eigenvalue weighted by molar-refractivity contribution is 7.99. The number of nitrogens with one attached hydrogen (secondary N) is 5. The third kappa shape index (κ3) is 24.5. The summed E-state index contributed by atoms with van der Waals surface area (Å²) in [5, 5.41) is 33.2. The van der Waals surface area contributed by atoms with Gasteiger partial charge in [0.2, 0.25) is 35.4 Å². The number of carboxylic acid groups (broad SMARTS) is 2. The van der Waals surface area contributed by atoms with Gasteiger partial charge in [0.25, 0.3) is 0 Å². The van der Waals surface area contributed by atoms with Crippen LogP contribution in [0.15, 0.2) is 18.2 Å². The maximum atomic E-state index is 13.8. The van der Waals surface area contributed by atoms with Crippen LogP contribution in [-0.2, 0) is 60.4 Å². The molecular weight excluding hydrogens is 989 g/mol. The number of benzene rings is 1. The van der Waals surface area contributed by atoms with Crippen molar-refractivity contribution in [1.82, 2.24) is 46.2 Å². The van der Waals surface area contributed by atoms with Crippen LogP contribution >= 0.6 is 35.3 Å². The van der Waals surface area contributed by atoms with Gasteiger partial charge in [0, 0.05) is 99.8 Å². The van der Waals surface area contributed by atoms with Crippen molar-refractivity contribution in [1.29, 1.82) is 0 Å². The molecule has 2 heterocycles. The first kappa shape index (κ1) is 61.8. The van der Waals surface area contributed by atoms with Gasteiger partial charge in [-0.05, 0) is 41.9 Å². The minimum atomic E-state index is -1.03. The van der Waals surface area contributed by atoms with Crippen molar-refractivity contribution >= 4 is 89.0 Å². The van der Waals surface area contributed by atoms with E-state index in [0.717, 1.165) is 23.0 Å². The van der Waals surface area contributed by atoms with Crippen LogP contribution in [0.5, 0.6) is 0 Å². The first-order valence-corrected chi connectivity index (χ1v) is 28.1. The zero-order chi connectivity index (χ0) is 53.2. The maximum Gasteiger partial charge on any atom is 0.317 e. The topological polar surface area (TPSA) is 293 Å². The molecule has 0 saturated carbocycles. The molecule has 9 N–H and O–H groups in total. The van der Waals surface area contributed by atoms with E-state index in [4.69, 9.17) is 5.73 Å². The molecule has 72 heavy (non-hydrogen) atoms. The number of hydrogen-bond donors (Lipinski definition) is 8. The molecule has 1 aromatic rings. The lowest BCUT2D eigenvalue weighted by Crippen LogP contribution is -2.59. The lowest BCUT2D eigenvalue weighted by molar-refractivity contribution is -0.139. The number of thioether (sulfide) groups is 3. The standard InChI is InChI=1S/C48H78N10O11S3/c1-6-33(4)44-48(69)53-39(45(49)66)31-72-30-37-23-35(28-70-19-7-40(60)51-34(5)46(67)52-38(21-32(2)3)47(68)54-44)22-36(24-37)29-71-20-8-50-41(61)25-56-13-15-57(26-42(62)63)11-9-55(17-18-59)10-12-58(16-14-56)27-43(64)65/h18,22-24,32-34,38-39,44H,6-17,19-21,25-31H2,1-5H3,(H2,49,66)(H,50,61)(H,51,60)(H,52,67)(H,53,69)(H,54,68)(H,62,63)(H,64,65)/t33-,34+,38-,39-,44-/m0/s1. The number of carbonyl (C=O) groups is 9. The van der Waals surface area contributed by atoms with Crippen molar-refractivity contribution in [2.75, 3.05) is 102 Å². The smallest absolute Gasteiger partial charge is 0.317 e. The summed E-state index contributed by atoms with van der Waals surface area (Å²) >= 11 is 4.61. The van der Waals surface area contributed by atoms with Gasteiger partial charge in [0.15, 0.2) is 0 Å². The van der Waals surface area contributed by atoms with Gasteiger partial charge in [-0.2, -0.15) is 35.3 Å². The molecule has 2 aliphatic rings. The van der Waals surface area contributed by atoms with Gasteiger partial charge < -0.3 is 47.3 Å². The largest absolute Gasteiger partial charge is 0.480 e. The highest BCUT2D eigenvalue weighted by atomic mass is 32.2. The predicted octanol–water partition coefficient (Wildman–Crippen LogP) is 0.0324. The fraction of sp³-hybridized carbons (Fsp3) is 0.688. The van der Waals surface area contributed by atoms with E-state index in [1.54, 1.807) is 40.2 Å². The average Bonchev–Trinajstić information content (AvgIpc) is 3.31. The monoisotopic (exact) mass is 1070 g/mol. The van der Waals surface area contributed by atoms with Crippen LogP contribution in [0.1, 0.15) is 70.6 Å². The Kier molecular flexibility index (Phi) is 28.7. The van der Waals surface area contributed by atoms with Crippen LogP contribution in [0.2, 0.25) is 0 Å². The summed E-state index contributed by atoms with van der Waals surface area (Å²) in [6, 6.07) is 2.28. The molecule has 0 unspecified atom stereocenters. The summed E-state index contributed by atoms with van der Waals surface area (Å²) in [6.45, 7) is 12.3. The lowest BCUT2D eigenvalue weighted by Gasteiger charge is -2.32. The van der Waals surface area contributed by atoms with E-state index in [0.29, 0.717) is 94.1 Å². The van der Waals surface area contributed by atoms with E-state index in [2.05, 4.69) is 44.8 Å². The van der Waals surface area contributed by atoms with Gasteiger partial charge in [0.1, 0.15) is 30.5 Å². The highest BCUT2D eigenvalue weighted by Crippen LogP contribution is 2.24. The number of carboxylic acids is 2. The van der Waals surface area contributed by atoms with Crippen molar-refractivity contribution in [3.05, 3.63) is 34.9 Å². The Hall–Kier alpha value is -4.46. The summed E-state index contributed by atoms with van der Waals surface area (Å²) in [5.74, 6) is -2.25. The highest BCUT2D eigenvalue weighted by Gasteiger charge is 2.33. The first-order chi connectivity index (χ1) is 34.3. The molecule has 24 heteroatoms. The van der Waals surface area contributed by atoms with Crippen molar-refractivity contribution in [2.45, 2.75) is 95.3 Å². The zero-order valence-corrected chi connectivity index (χ0v) is 44.9. The number of nitrogens with zero attached hydrogens (tertiary/aromatic N) is 4. The van der Waals surface area contributed by atoms with Gasteiger partial charge in [-0.15, -0.1) is 0 Å².